The van der Waals surface area contributed by atoms with Gasteiger partial charge >= 0.3 is 0 Å². The van der Waals surface area contributed by atoms with Gasteiger partial charge in [-0.25, -0.2) is 4.98 Å². The van der Waals surface area contributed by atoms with Crippen LogP contribution in [0, 0.1) is 0 Å². The highest BCUT2D eigenvalue weighted by molar-refractivity contribution is 7.99. The molecule has 2 N–H and O–H groups in total. The van der Waals surface area contributed by atoms with Crippen molar-refractivity contribution in [3.05, 3.63) is 94.0 Å². The maximum Gasteiger partial charge on any atom is 0.233 e. The van der Waals surface area contributed by atoms with Crippen molar-refractivity contribution >= 4 is 69.3 Å². The number of hydrogen-bond donors (Lipinski definition) is 2. The van der Waals surface area contributed by atoms with Crippen molar-refractivity contribution < 1.29 is 9.59 Å². The minimum absolute atomic E-state index is 0.0460. The summed E-state index contributed by atoms with van der Waals surface area (Å²) < 4.78 is 0. The molecular formula is C33H35Cl2N5O2S. The second-order valence-corrected chi connectivity index (χ2v) is 13.1. The molecule has 0 aliphatic heterocycles. The summed E-state index contributed by atoms with van der Waals surface area (Å²) in [7, 11) is 3.97. The second kappa shape index (κ2) is 14.4. The van der Waals surface area contributed by atoms with E-state index in [4.69, 9.17) is 33.2 Å². The first-order chi connectivity index (χ1) is 20.7. The summed E-state index contributed by atoms with van der Waals surface area (Å²) in [5, 5.41) is 8.49. The maximum atomic E-state index is 13.5. The molecule has 0 bridgehead atoms. The molecule has 224 valence electrons. The zero-order valence-electron chi connectivity index (χ0n) is 24.2. The van der Waals surface area contributed by atoms with E-state index in [9.17, 15) is 9.59 Å². The van der Waals surface area contributed by atoms with Crippen LogP contribution in [0.25, 0.3) is 10.9 Å². The number of nitrogens with zero attached hydrogens (tertiary/aromatic N) is 3. The monoisotopic (exact) mass is 635 g/mol. The highest BCUT2D eigenvalue weighted by Gasteiger charge is 2.28. The summed E-state index contributed by atoms with van der Waals surface area (Å²) in [4.78, 5) is 38.2. The van der Waals surface area contributed by atoms with Crippen LogP contribution in [-0.2, 0) is 10.5 Å². The number of rotatable bonds is 11. The lowest BCUT2D eigenvalue weighted by atomic mass is 9.91. The lowest BCUT2D eigenvalue weighted by Gasteiger charge is -2.31. The minimum Gasteiger partial charge on any atom is -0.362 e. The fourth-order valence-corrected chi connectivity index (χ4v) is 6.58. The quantitative estimate of drug-likeness (QED) is 0.166. The maximum absolute atomic E-state index is 13.5. The number of aromatic nitrogens is 2. The van der Waals surface area contributed by atoms with Gasteiger partial charge in [-0.2, -0.15) is 4.98 Å². The third-order valence-corrected chi connectivity index (χ3v) is 9.39. The molecule has 10 heteroatoms. The van der Waals surface area contributed by atoms with Crippen molar-refractivity contribution in [2.24, 2.45) is 0 Å². The molecule has 5 rings (SSSR count). The molecule has 0 radical (unpaired) electrons. The molecule has 1 aliphatic rings. The van der Waals surface area contributed by atoms with Gasteiger partial charge in [0, 0.05) is 59.3 Å². The molecule has 1 heterocycles. The van der Waals surface area contributed by atoms with Crippen LogP contribution in [-0.4, -0.2) is 53.1 Å². The molecule has 1 saturated carbocycles. The second-order valence-electron chi connectivity index (χ2n) is 11.0. The fourth-order valence-electron chi connectivity index (χ4n) is 5.25. The van der Waals surface area contributed by atoms with E-state index in [0.29, 0.717) is 27.3 Å². The number of hydrogen-bond acceptors (Lipinski definition) is 7. The number of para-hydroxylation sites is 1. The average Bonchev–Trinajstić information content (AvgIpc) is 3.00. The predicted octanol–water partition coefficient (Wildman–Crippen LogP) is 7.42. The number of carbonyl (C=O) groups is 2. The van der Waals surface area contributed by atoms with E-state index in [1.165, 1.54) is 11.8 Å². The standard InChI is InChI=1S/C33H35Cl2N5O2S/c1-40(2)31-27-5-3-4-6-28(27)38-33(39-31)37-26-17-15-25(16-18-26)36-32(42)30(43-20-21-7-11-23(34)12-8-21)19-29(41)22-9-13-24(35)14-10-22/h3-14,25-26,30H,15-20H2,1-2H3,(H,36,42)(H,37,38,39)/t25-,26+,30?. The number of thioether (sulfide) groups is 1. The predicted molar refractivity (Wildman–Crippen MR) is 179 cm³/mol. The average molecular weight is 637 g/mol. The highest BCUT2D eigenvalue weighted by atomic mass is 35.5. The number of carbonyl (C=O) groups excluding carboxylic acids is 2. The number of ketones is 1. The van der Waals surface area contributed by atoms with Crippen LogP contribution in [0.1, 0.15) is 48.0 Å². The largest absolute Gasteiger partial charge is 0.362 e. The van der Waals surface area contributed by atoms with E-state index in [1.54, 1.807) is 24.3 Å². The first-order valence-corrected chi connectivity index (χ1v) is 16.2. The highest BCUT2D eigenvalue weighted by Crippen LogP contribution is 2.28. The number of anilines is 2. The molecule has 0 spiro atoms. The number of nitrogens with one attached hydrogen (secondary N) is 2. The van der Waals surface area contributed by atoms with Crippen LogP contribution in [0.3, 0.4) is 0 Å². The van der Waals surface area contributed by atoms with E-state index in [-0.39, 0.29) is 30.2 Å². The van der Waals surface area contributed by atoms with Crippen LogP contribution in [0.2, 0.25) is 10.0 Å². The molecule has 1 amide bonds. The van der Waals surface area contributed by atoms with Gasteiger partial charge in [-0.1, -0.05) is 47.5 Å². The molecule has 43 heavy (non-hydrogen) atoms. The number of halogens is 2. The van der Waals surface area contributed by atoms with Crippen LogP contribution in [0.15, 0.2) is 72.8 Å². The van der Waals surface area contributed by atoms with Gasteiger partial charge in [-0.15, -0.1) is 11.8 Å². The Morgan fingerprint density at radius 3 is 2.19 bits per heavy atom. The van der Waals surface area contributed by atoms with Crippen molar-refractivity contribution in [3.63, 3.8) is 0 Å². The number of amides is 1. The zero-order chi connectivity index (χ0) is 30.3. The Balaban J connectivity index is 1.20. The summed E-state index contributed by atoms with van der Waals surface area (Å²) in [6.45, 7) is 0. The molecular weight excluding hydrogens is 601 g/mol. The third kappa shape index (κ3) is 8.40. The van der Waals surface area contributed by atoms with Gasteiger partial charge in [0.15, 0.2) is 5.78 Å². The van der Waals surface area contributed by atoms with Crippen molar-refractivity contribution in [3.8, 4) is 0 Å². The Bertz CT molecular complexity index is 1560. The molecule has 7 nitrogen and oxygen atoms in total. The third-order valence-electron chi connectivity index (χ3n) is 7.61. The van der Waals surface area contributed by atoms with Gasteiger partial charge in [0.2, 0.25) is 11.9 Å². The van der Waals surface area contributed by atoms with Gasteiger partial charge in [-0.3, -0.25) is 9.59 Å². The van der Waals surface area contributed by atoms with Gasteiger partial charge < -0.3 is 15.5 Å². The lowest BCUT2D eigenvalue weighted by Crippen LogP contribution is -2.44. The first kappa shape index (κ1) is 31.1. The fraction of sp³-hybridized carbons (Fsp3) is 0.333. The molecule has 1 fully saturated rings. The molecule has 1 aliphatic carbocycles. The van der Waals surface area contributed by atoms with Crippen LogP contribution < -0.4 is 15.5 Å². The number of Topliss-reactive ketones (excluding diaryl/α,β-unsaturated/α-hetero) is 1. The van der Waals surface area contributed by atoms with E-state index in [2.05, 4.69) is 10.6 Å². The van der Waals surface area contributed by atoms with Crippen molar-refractivity contribution in [1.29, 1.82) is 0 Å². The van der Waals surface area contributed by atoms with Crippen molar-refractivity contribution in [1.82, 2.24) is 15.3 Å². The SMILES string of the molecule is CN(C)c1nc(N[C@H]2CC[C@@H](NC(=O)C(CC(=O)c3ccc(Cl)cc3)SCc3ccc(Cl)cc3)CC2)nc2ccccc12. The molecule has 1 aromatic heterocycles. The molecule has 0 saturated heterocycles. The van der Waals surface area contributed by atoms with E-state index in [0.717, 1.165) is 48.0 Å². The Hall–Kier alpha value is -3.33. The Labute approximate surface area is 266 Å². The number of benzene rings is 3. The van der Waals surface area contributed by atoms with Gasteiger partial charge in [-0.05, 0) is 79.8 Å². The Morgan fingerprint density at radius 1 is 0.884 bits per heavy atom. The molecule has 1 atom stereocenters. The van der Waals surface area contributed by atoms with Crippen LogP contribution in [0.5, 0.6) is 0 Å². The topological polar surface area (TPSA) is 87.2 Å². The molecule has 4 aromatic rings. The molecule has 1 unspecified atom stereocenters. The summed E-state index contributed by atoms with van der Waals surface area (Å²) in [5.41, 5.74) is 2.50. The van der Waals surface area contributed by atoms with Crippen LogP contribution in [0.4, 0.5) is 11.8 Å². The smallest absolute Gasteiger partial charge is 0.233 e. The summed E-state index contributed by atoms with van der Waals surface area (Å²) in [5.74, 6) is 1.91. The van der Waals surface area contributed by atoms with E-state index < -0.39 is 5.25 Å². The van der Waals surface area contributed by atoms with Crippen molar-refractivity contribution in [2.75, 3.05) is 24.3 Å². The summed E-state index contributed by atoms with van der Waals surface area (Å²) in [6.07, 6.45) is 3.53. The summed E-state index contributed by atoms with van der Waals surface area (Å²) in [6, 6.07) is 22.6. The normalized spacial score (nSPS) is 17.3. The van der Waals surface area contributed by atoms with Gasteiger partial charge in [0.25, 0.3) is 0 Å². The van der Waals surface area contributed by atoms with Gasteiger partial charge in [0.1, 0.15) is 5.82 Å². The van der Waals surface area contributed by atoms with Gasteiger partial charge in [0.05, 0.1) is 10.8 Å². The van der Waals surface area contributed by atoms with E-state index >= 15 is 0 Å². The Kier molecular flexibility index (Phi) is 10.4. The zero-order valence-corrected chi connectivity index (χ0v) is 26.6. The summed E-state index contributed by atoms with van der Waals surface area (Å²) >= 11 is 13.5. The minimum atomic E-state index is -0.523. The first-order valence-electron chi connectivity index (χ1n) is 14.4. The Morgan fingerprint density at radius 2 is 1.51 bits per heavy atom. The molecule has 3 aromatic carbocycles. The lowest BCUT2D eigenvalue weighted by molar-refractivity contribution is -0.121. The van der Waals surface area contributed by atoms with Crippen molar-refractivity contribution in [2.45, 2.75) is 55.2 Å². The number of fused-ring (bicyclic) bond motifs is 1. The van der Waals surface area contributed by atoms with E-state index in [1.807, 2.05) is 67.5 Å². The van der Waals surface area contributed by atoms with Crippen LogP contribution >= 0.6 is 35.0 Å².